The summed E-state index contributed by atoms with van der Waals surface area (Å²) < 4.78 is 13.8. The number of rotatable bonds is 0. The molecule has 0 spiro atoms. The molecule has 348 valence electrons. The van der Waals surface area contributed by atoms with Gasteiger partial charge in [-0.3, -0.25) is 19.2 Å². The lowest BCUT2D eigenvalue weighted by atomic mass is 9.34. The van der Waals surface area contributed by atoms with Crippen LogP contribution in [0.4, 0.5) is 0 Å². The van der Waals surface area contributed by atoms with Crippen LogP contribution >= 0.6 is 0 Å². The van der Waals surface area contributed by atoms with Crippen molar-refractivity contribution in [3.8, 4) is 11.5 Å². The molecule has 10 aliphatic rings. The fraction of sp³-hybridized carbons (Fsp3) is 0.679. The average Bonchev–Trinajstić information content (AvgIpc) is 3.25. The molecular weight excluding hydrogens is 817 g/mol. The van der Waals surface area contributed by atoms with Crippen molar-refractivity contribution < 1.29 is 44.0 Å². The molecule has 0 amide bonds. The van der Waals surface area contributed by atoms with Crippen molar-refractivity contribution in [1.29, 1.82) is 0 Å². The molecule has 1 aliphatic heterocycles. The second kappa shape index (κ2) is 12.5. The van der Waals surface area contributed by atoms with Gasteiger partial charge in [-0.2, -0.15) is 0 Å². The fourth-order valence-corrected chi connectivity index (χ4v) is 18.0. The molecule has 1 heterocycles. The second-order valence-corrected chi connectivity index (χ2v) is 25.3. The van der Waals surface area contributed by atoms with Gasteiger partial charge in [-0.1, -0.05) is 87.0 Å². The Bertz CT molecular complexity index is 2620. The maximum atomic E-state index is 14.8. The molecular formula is C56H70O9. The maximum absolute atomic E-state index is 14.8. The summed E-state index contributed by atoms with van der Waals surface area (Å²) in [7, 11) is 0. The molecule has 0 unspecified atom stereocenters. The predicted octanol–water partition coefficient (Wildman–Crippen LogP) is 9.36. The minimum absolute atomic E-state index is 0.0427. The highest BCUT2D eigenvalue weighted by Gasteiger charge is 2.73. The second-order valence-electron chi connectivity index (χ2n) is 25.3. The number of carbonyl (C=O) groups is 4. The summed E-state index contributed by atoms with van der Waals surface area (Å²) in [6.07, 6.45) is 13.3. The molecule has 9 heteroatoms. The standard InChI is InChI=1S/C56H70O9/c1-28-23-37-49(6,45(61)42(28)59)17-21-51(8)36-14-13-31-32(47(36,4)15-19-52(37,51)9)26-40(58)56(63)55(31,12)65-44-30(3)41-33(25-35(44)64-56)48(5)16-20-53(10)38-24-29(2)43(60)46(62)50(38,7)18-22-54(53,11)39(48)27-34(41)57/h13-14,25-29,37-38,45-46,61-63H,15-24H2,1-12H3/t28-,29-,37-,38-,45-,46-,47+,48+,49-,50-,51-,52+,53+,54-,55+,56-/m1/s1. The Balaban J connectivity index is 0.984. The van der Waals surface area contributed by atoms with Crippen molar-refractivity contribution in [2.75, 3.05) is 0 Å². The molecule has 0 saturated heterocycles. The molecule has 9 aliphatic carbocycles. The normalized spacial score (nSPS) is 51.4. The van der Waals surface area contributed by atoms with Crippen LogP contribution in [0.3, 0.4) is 0 Å². The number of hydrogen-bond donors (Lipinski definition) is 3. The molecule has 16 atom stereocenters. The summed E-state index contributed by atoms with van der Waals surface area (Å²) in [6.45, 7) is 25.5. The first-order valence-corrected chi connectivity index (χ1v) is 24.8. The van der Waals surface area contributed by atoms with Crippen LogP contribution < -0.4 is 9.47 Å². The summed E-state index contributed by atoms with van der Waals surface area (Å²) in [5.74, 6) is -2.81. The number of hydrogen-bond acceptors (Lipinski definition) is 9. The van der Waals surface area contributed by atoms with E-state index in [0.29, 0.717) is 35.3 Å². The zero-order chi connectivity index (χ0) is 47.0. The van der Waals surface area contributed by atoms with E-state index >= 15 is 0 Å². The van der Waals surface area contributed by atoms with Gasteiger partial charge in [-0.15, -0.1) is 0 Å². The quantitative estimate of drug-likeness (QED) is 0.232. The first-order chi connectivity index (χ1) is 30.1. The Hall–Kier alpha value is -3.66. The van der Waals surface area contributed by atoms with Crippen molar-refractivity contribution >= 4 is 23.1 Å². The fourth-order valence-electron chi connectivity index (χ4n) is 18.0. The first-order valence-electron chi connectivity index (χ1n) is 24.8. The van der Waals surface area contributed by atoms with Crippen molar-refractivity contribution in [1.82, 2.24) is 0 Å². The molecule has 1 aromatic carbocycles. The third-order valence-corrected chi connectivity index (χ3v) is 22.8. The van der Waals surface area contributed by atoms with Crippen LogP contribution in [-0.4, -0.2) is 62.0 Å². The van der Waals surface area contributed by atoms with Crippen LogP contribution in [0.15, 0.2) is 52.7 Å². The number of ketones is 4. The monoisotopic (exact) mass is 887 g/mol. The number of aliphatic hydroxyl groups excluding tert-OH is 2. The van der Waals surface area contributed by atoms with Gasteiger partial charge in [0.25, 0.3) is 0 Å². The summed E-state index contributed by atoms with van der Waals surface area (Å²) in [5.41, 5.74) is 0.826. The zero-order valence-electron chi connectivity index (χ0n) is 40.7. The highest BCUT2D eigenvalue weighted by molar-refractivity contribution is 6.10. The van der Waals surface area contributed by atoms with Crippen LogP contribution in [0, 0.1) is 68.5 Å². The smallest absolute Gasteiger partial charge is 0.317 e. The molecule has 65 heavy (non-hydrogen) atoms. The van der Waals surface area contributed by atoms with Gasteiger partial charge in [0, 0.05) is 50.2 Å². The molecule has 6 saturated carbocycles. The summed E-state index contributed by atoms with van der Waals surface area (Å²) in [4.78, 5) is 56.0. The number of ether oxygens (including phenoxy) is 2. The van der Waals surface area contributed by atoms with Gasteiger partial charge in [0.2, 0.25) is 11.4 Å². The minimum Gasteiger partial charge on any atom is -0.471 e. The Kier molecular flexibility index (Phi) is 8.44. The van der Waals surface area contributed by atoms with E-state index in [-0.39, 0.29) is 63.0 Å². The SMILES string of the molecule is Cc1c2c(cc3c1C(=O)C=C1[C@@]3(C)CC[C@@]3(C)[C@@H]4C[C@@H](C)C(=O)[C@@H](O)[C@]4(C)CC[C@]13C)O[C@]1(O)C(=O)C=C3C(=CC=C4[C@@]3(C)CC[C@@]3(C)[C@@H]5C[C@@H](C)C(=O)[C@@H](O)[C@]5(C)CC[C@]43C)[C@]1(C)O2. The highest BCUT2D eigenvalue weighted by Crippen LogP contribution is 2.77. The molecule has 9 nitrogen and oxygen atoms in total. The van der Waals surface area contributed by atoms with Gasteiger partial charge in [-0.05, 0) is 146 Å². The van der Waals surface area contributed by atoms with Gasteiger partial charge in [0.1, 0.15) is 12.2 Å². The lowest BCUT2D eigenvalue weighted by Gasteiger charge is -2.70. The van der Waals surface area contributed by atoms with E-state index in [1.807, 2.05) is 39.0 Å². The first kappa shape index (κ1) is 43.9. The van der Waals surface area contributed by atoms with Crippen LogP contribution in [0.25, 0.3) is 0 Å². The van der Waals surface area contributed by atoms with Crippen LogP contribution in [0.1, 0.15) is 162 Å². The third-order valence-electron chi connectivity index (χ3n) is 22.8. The van der Waals surface area contributed by atoms with Gasteiger partial charge in [0.05, 0.1) is 0 Å². The van der Waals surface area contributed by atoms with Crippen molar-refractivity contribution in [2.45, 2.75) is 176 Å². The molecule has 0 bridgehead atoms. The highest BCUT2D eigenvalue weighted by atomic mass is 16.7. The van der Waals surface area contributed by atoms with E-state index in [4.69, 9.17) is 9.47 Å². The van der Waals surface area contributed by atoms with Crippen molar-refractivity contribution in [3.63, 3.8) is 0 Å². The Morgan fingerprint density at radius 2 is 1.14 bits per heavy atom. The molecule has 11 rings (SSSR count). The third kappa shape index (κ3) is 4.64. The van der Waals surface area contributed by atoms with Gasteiger partial charge in [0.15, 0.2) is 28.8 Å². The number of fused-ring (bicyclic) bond motifs is 17. The van der Waals surface area contributed by atoms with Gasteiger partial charge in [-0.25, -0.2) is 0 Å². The Labute approximate surface area is 384 Å². The number of allylic oxidation sites excluding steroid dienone is 5. The van der Waals surface area contributed by atoms with E-state index in [9.17, 15) is 34.5 Å². The largest absolute Gasteiger partial charge is 0.471 e. The number of Topliss-reactive ketones (excluding diaryl/α,β-unsaturated/α-hetero) is 2. The molecule has 0 aromatic heterocycles. The average molecular weight is 887 g/mol. The molecule has 1 aromatic rings. The van der Waals surface area contributed by atoms with Gasteiger partial charge >= 0.3 is 5.79 Å². The van der Waals surface area contributed by atoms with Crippen molar-refractivity contribution in [3.05, 3.63) is 69.4 Å². The van der Waals surface area contributed by atoms with E-state index in [2.05, 4.69) is 61.5 Å². The number of benzene rings is 1. The summed E-state index contributed by atoms with van der Waals surface area (Å²) >= 11 is 0. The maximum Gasteiger partial charge on any atom is 0.317 e. The summed E-state index contributed by atoms with van der Waals surface area (Å²) in [5, 5.41) is 35.7. The molecule has 0 radical (unpaired) electrons. The van der Waals surface area contributed by atoms with E-state index in [0.717, 1.165) is 68.1 Å². The zero-order valence-corrected chi connectivity index (χ0v) is 40.7. The van der Waals surface area contributed by atoms with E-state index in [1.165, 1.54) is 5.57 Å². The lowest BCUT2D eigenvalue weighted by molar-refractivity contribution is -0.231. The predicted molar refractivity (Wildman–Crippen MR) is 245 cm³/mol. The van der Waals surface area contributed by atoms with E-state index in [1.54, 1.807) is 13.0 Å². The Morgan fingerprint density at radius 3 is 1.69 bits per heavy atom. The van der Waals surface area contributed by atoms with Crippen LogP contribution in [0.5, 0.6) is 11.5 Å². The number of aliphatic hydroxyl groups is 3. The Morgan fingerprint density at radius 1 is 0.615 bits per heavy atom. The summed E-state index contributed by atoms with van der Waals surface area (Å²) in [6, 6.07) is 1.86. The van der Waals surface area contributed by atoms with Crippen LogP contribution in [-0.2, 0) is 19.8 Å². The minimum atomic E-state index is -2.39. The number of carbonyl (C=O) groups excluding carboxylic acids is 4. The molecule has 3 N–H and O–H groups in total. The van der Waals surface area contributed by atoms with Gasteiger partial charge < -0.3 is 24.8 Å². The lowest BCUT2D eigenvalue weighted by Crippen LogP contribution is -2.70. The topological polar surface area (TPSA) is 147 Å². The van der Waals surface area contributed by atoms with E-state index < -0.39 is 56.5 Å². The molecule has 6 fully saturated rings. The van der Waals surface area contributed by atoms with Crippen LogP contribution in [0.2, 0.25) is 0 Å². The van der Waals surface area contributed by atoms with Crippen molar-refractivity contribution in [2.24, 2.45) is 61.6 Å².